The Balaban J connectivity index is 1.91. The Morgan fingerprint density at radius 1 is 1.21 bits per heavy atom. The van der Waals surface area contributed by atoms with Gasteiger partial charge in [0.15, 0.2) is 15.0 Å². The van der Waals surface area contributed by atoms with Gasteiger partial charge in [0.05, 0.1) is 42.5 Å². The van der Waals surface area contributed by atoms with Crippen molar-refractivity contribution in [2.45, 2.75) is 37.7 Å². The molecule has 2 atom stereocenters. The smallest absolute Gasteiger partial charge is 0.408 e. The molecule has 1 aromatic rings. The van der Waals surface area contributed by atoms with E-state index < -0.39 is 33.5 Å². The quantitative estimate of drug-likeness (QED) is 0.624. The molecule has 2 aliphatic heterocycles. The predicted molar refractivity (Wildman–Crippen MR) is 128 cm³/mol. The first-order valence-corrected chi connectivity index (χ1v) is 13.1. The molecule has 2 saturated heterocycles. The standard InChI is InChI=1S/C20H26ClN3O7S2/c1-20(2,3)31-19(26)22-8-17(25)23-18-24(13-9-33(27,28)10-16(13)32-18)12-6-11(21)14(29-4)7-15(12)30-5/h6-7,13,16H,8-10H2,1-5H3,(H,22,26). The molecule has 2 fully saturated rings. The summed E-state index contributed by atoms with van der Waals surface area (Å²) in [4.78, 5) is 30.2. The van der Waals surface area contributed by atoms with Crippen LogP contribution in [0.5, 0.6) is 11.5 Å². The number of fused-ring (bicyclic) bond motifs is 1. The Labute approximate surface area is 201 Å². The van der Waals surface area contributed by atoms with Gasteiger partial charge in [-0.1, -0.05) is 23.4 Å². The monoisotopic (exact) mass is 519 g/mol. The molecule has 2 aliphatic rings. The van der Waals surface area contributed by atoms with Gasteiger partial charge in [0.1, 0.15) is 23.6 Å². The molecule has 2 heterocycles. The number of carbonyl (C=O) groups is 2. The summed E-state index contributed by atoms with van der Waals surface area (Å²) in [6, 6.07) is 2.72. The zero-order chi connectivity index (χ0) is 24.6. The molecule has 2 amide bonds. The van der Waals surface area contributed by atoms with E-state index in [1.807, 2.05) is 0 Å². The average Bonchev–Trinajstić information content (AvgIpc) is 3.15. The molecule has 33 heavy (non-hydrogen) atoms. The lowest BCUT2D eigenvalue weighted by atomic mass is 10.2. The summed E-state index contributed by atoms with van der Waals surface area (Å²) in [5, 5.41) is 2.65. The van der Waals surface area contributed by atoms with E-state index in [4.69, 9.17) is 25.8 Å². The van der Waals surface area contributed by atoms with Crippen molar-refractivity contribution in [3.63, 3.8) is 0 Å². The molecule has 1 N–H and O–H groups in total. The highest BCUT2D eigenvalue weighted by molar-refractivity contribution is 8.16. The maximum atomic E-state index is 12.5. The fraction of sp³-hybridized carbons (Fsp3) is 0.550. The number of halogens is 1. The van der Waals surface area contributed by atoms with Gasteiger partial charge in [0.25, 0.3) is 5.91 Å². The molecule has 182 valence electrons. The summed E-state index contributed by atoms with van der Waals surface area (Å²) in [7, 11) is -0.324. The minimum Gasteiger partial charge on any atom is -0.495 e. The topological polar surface area (TPSA) is 124 Å². The number of rotatable bonds is 5. The number of nitrogens with one attached hydrogen (secondary N) is 1. The van der Waals surface area contributed by atoms with E-state index in [9.17, 15) is 18.0 Å². The Kier molecular flexibility index (Phi) is 7.39. The van der Waals surface area contributed by atoms with E-state index >= 15 is 0 Å². The molecular weight excluding hydrogens is 494 g/mol. The second-order valence-electron chi connectivity index (χ2n) is 8.47. The first kappa shape index (κ1) is 25.4. The van der Waals surface area contributed by atoms with Crippen molar-refractivity contribution in [3.05, 3.63) is 17.2 Å². The summed E-state index contributed by atoms with van der Waals surface area (Å²) in [5.41, 5.74) is -0.239. The lowest BCUT2D eigenvalue weighted by Gasteiger charge is -2.27. The van der Waals surface area contributed by atoms with Crippen molar-refractivity contribution in [1.82, 2.24) is 5.32 Å². The van der Waals surface area contributed by atoms with Crippen molar-refractivity contribution >= 4 is 56.1 Å². The summed E-state index contributed by atoms with van der Waals surface area (Å²) in [6.45, 7) is 4.76. The van der Waals surface area contributed by atoms with Crippen LogP contribution in [0.25, 0.3) is 0 Å². The van der Waals surface area contributed by atoms with Crippen LogP contribution in [0.1, 0.15) is 20.8 Å². The molecule has 0 radical (unpaired) electrons. The van der Waals surface area contributed by atoms with Gasteiger partial charge in [0.2, 0.25) is 0 Å². The van der Waals surface area contributed by atoms with Crippen LogP contribution in [-0.4, -0.2) is 74.7 Å². The number of carbonyl (C=O) groups excluding carboxylic acids is 2. The van der Waals surface area contributed by atoms with Gasteiger partial charge in [-0.3, -0.25) is 4.79 Å². The van der Waals surface area contributed by atoms with Gasteiger partial charge in [0, 0.05) is 11.3 Å². The predicted octanol–water partition coefficient (Wildman–Crippen LogP) is 2.48. The maximum Gasteiger partial charge on any atom is 0.408 e. The molecule has 0 aromatic heterocycles. The second-order valence-corrected chi connectivity index (χ2v) is 12.2. The number of alkyl carbamates (subject to hydrolysis) is 1. The van der Waals surface area contributed by atoms with Crippen LogP contribution in [0, 0.1) is 0 Å². The van der Waals surface area contributed by atoms with Crippen molar-refractivity contribution < 1.29 is 32.2 Å². The Bertz CT molecular complexity index is 1090. The van der Waals surface area contributed by atoms with Crippen molar-refractivity contribution in [3.8, 4) is 11.5 Å². The molecule has 0 aliphatic carbocycles. The zero-order valence-electron chi connectivity index (χ0n) is 18.9. The normalized spacial score (nSPS) is 22.7. The first-order valence-electron chi connectivity index (χ1n) is 9.99. The first-order chi connectivity index (χ1) is 15.3. The Hall–Kier alpha value is -2.18. The van der Waals surface area contributed by atoms with Gasteiger partial charge < -0.3 is 24.4 Å². The molecule has 10 nitrogen and oxygen atoms in total. The maximum absolute atomic E-state index is 12.5. The summed E-state index contributed by atoms with van der Waals surface area (Å²) < 4.78 is 40.4. The molecule has 2 unspecified atom stereocenters. The third-order valence-corrected chi connectivity index (χ3v) is 8.29. The highest BCUT2D eigenvalue weighted by Crippen LogP contribution is 2.46. The number of amidine groups is 1. The van der Waals surface area contributed by atoms with E-state index in [0.717, 1.165) is 0 Å². The lowest BCUT2D eigenvalue weighted by molar-refractivity contribution is -0.117. The molecule has 0 saturated carbocycles. The number of hydrogen-bond acceptors (Lipinski definition) is 8. The van der Waals surface area contributed by atoms with Crippen LogP contribution in [-0.2, 0) is 19.4 Å². The van der Waals surface area contributed by atoms with Gasteiger partial charge in [-0.25, -0.2) is 13.2 Å². The largest absolute Gasteiger partial charge is 0.495 e. The molecule has 0 bridgehead atoms. The number of thioether (sulfide) groups is 1. The summed E-state index contributed by atoms with van der Waals surface area (Å²) in [5.74, 6) is 0.0225. The molecule has 0 spiro atoms. The fourth-order valence-electron chi connectivity index (χ4n) is 3.49. The number of ether oxygens (including phenoxy) is 3. The number of anilines is 1. The number of nitrogens with zero attached hydrogens (tertiary/aromatic N) is 2. The van der Waals surface area contributed by atoms with Crippen LogP contribution in [0.4, 0.5) is 10.5 Å². The van der Waals surface area contributed by atoms with Crippen LogP contribution in [0.2, 0.25) is 5.02 Å². The van der Waals surface area contributed by atoms with Crippen molar-refractivity contribution in [1.29, 1.82) is 0 Å². The third kappa shape index (κ3) is 6.04. The minimum atomic E-state index is -3.25. The number of benzene rings is 1. The summed E-state index contributed by atoms with van der Waals surface area (Å²) >= 11 is 7.52. The van der Waals surface area contributed by atoms with Crippen molar-refractivity contribution in [2.75, 3.05) is 37.2 Å². The van der Waals surface area contributed by atoms with Gasteiger partial charge >= 0.3 is 6.09 Å². The van der Waals surface area contributed by atoms with Crippen molar-refractivity contribution in [2.24, 2.45) is 4.99 Å². The number of aliphatic imine (C=N–C) groups is 1. The van der Waals surface area contributed by atoms with Gasteiger partial charge in [-0.05, 0) is 26.8 Å². The number of hydrogen-bond donors (Lipinski definition) is 1. The third-order valence-electron chi connectivity index (χ3n) is 4.78. The van der Waals surface area contributed by atoms with Crippen LogP contribution in [0.15, 0.2) is 17.1 Å². The van der Waals surface area contributed by atoms with Crippen LogP contribution in [0.3, 0.4) is 0 Å². The summed E-state index contributed by atoms with van der Waals surface area (Å²) in [6.07, 6.45) is -0.737. The molecular formula is C20H26ClN3O7S2. The molecule has 13 heteroatoms. The Morgan fingerprint density at radius 2 is 1.88 bits per heavy atom. The highest BCUT2D eigenvalue weighted by Gasteiger charge is 2.50. The SMILES string of the molecule is COc1cc(OC)c(N2C(=NC(=O)CNC(=O)OC(C)(C)C)SC3CS(=O)(=O)CC32)cc1Cl. The molecule has 3 rings (SSSR count). The van der Waals surface area contributed by atoms with E-state index in [0.29, 0.717) is 27.4 Å². The lowest BCUT2D eigenvalue weighted by Crippen LogP contribution is -2.39. The van der Waals surface area contributed by atoms with Crippen LogP contribution < -0.4 is 19.7 Å². The van der Waals surface area contributed by atoms with Crippen LogP contribution >= 0.6 is 23.4 Å². The average molecular weight is 520 g/mol. The number of methoxy groups -OCH3 is 2. The van der Waals surface area contributed by atoms with Gasteiger partial charge in [-0.15, -0.1) is 0 Å². The second kappa shape index (κ2) is 9.59. The number of amides is 2. The zero-order valence-corrected chi connectivity index (χ0v) is 21.3. The highest BCUT2D eigenvalue weighted by atomic mass is 35.5. The van der Waals surface area contributed by atoms with Gasteiger partial charge in [-0.2, -0.15) is 4.99 Å². The minimum absolute atomic E-state index is 0.0333. The Morgan fingerprint density at radius 3 is 2.48 bits per heavy atom. The van der Waals surface area contributed by atoms with E-state index in [1.54, 1.807) is 37.8 Å². The number of sulfone groups is 1. The van der Waals surface area contributed by atoms with E-state index in [-0.39, 0.29) is 23.3 Å². The molecule has 1 aromatic carbocycles. The van der Waals surface area contributed by atoms with E-state index in [1.165, 1.54) is 26.0 Å². The fourth-order valence-corrected chi connectivity index (χ4v) is 7.65. The van der Waals surface area contributed by atoms with E-state index in [2.05, 4.69) is 10.3 Å².